The predicted octanol–water partition coefficient (Wildman–Crippen LogP) is 2.15. The summed E-state index contributed by atoms with van der Waals surface area (Å²) in [6.45, 7) is 2.13. The second-order valence-corrected chi connectivity index (χ2v) is 7.22. The standard InChI is InChI=1S/C21H18ClN5O2/c1-12-6-5-9-27-18(12)25-19-15(21(27)29)10-14(17(23)26(19)2)20(28)24-11-13-7-3-4-8-16(13)22/h3-10,23H,11H2,1-2H3,(H,24,28)/p+1. The highest BCUT2D eigenvalue weighted by molar-refractivity contribution is 6.31. The van der Waals surface area contributed by atoms with Crippen molar-refractivity contribution in [2.45, 2.75) is 13.5 Å². The Balaban J connectivity index is 1.81. The number of carbonyl (C=O) groups is 1. The molecule has 8 heteroatoms. The lowest BCUT2D eigenvalue weighted by Crippen LogP contribution is -2.39. The molecule has 0 spiro atoms. The summed E-state index contributed by atoms with van der Waals surface area (Å²) in [5.74, 6) is -0.173. The van der Waals surface area contributed by atoms with Crippen molar-refractivity contribution in [1.29, 1.82) is 0 Å². The van der Waals surface area contributed by atoms with Crippen LogP contribution < -0.4 is 21.2 Å². The number of rotatable bonds is 3. The minimum absolute atomic E-state index is 0.207. The number of pyridine rings is 2. The number of carbonyl (C=O) groups excluding carboxylic acids is 1. The van der Waals surface area contributed by atoms with Gasteiger partial charge in [-0.3, -0.25) is 14.0 Å². The highest BCUT2D eigenvalue weighted by atomic mass is 35.5. The van der Waals surface area contributed by atoms with Crippen molar-refractivity contribution in [3.8, 4) is 0 Å². The lowest BCUT2D eigenvalue weighted by Gasteiger charge is -2.10. The summed E-state index contributed by atoms with van der Waals surface area (Å²) in [5, 5.41) is 3.69. The molecule has 4 aromatic rings. The van der Waals surface area contributed by atoms with E-state index in [0.29, 0.717) is 21.7 Å². The Kier molecular flexibility index (Phi) is 4.68. The zero-order chi connectivity index (χ0) is 20.7. The molecule has 0 aliphatic heterocycles. The molecule has 3 N–H and O–H groups in total. The van der Waals surface area contributed by atoms with Gasteiger partial charge in [0.25, 0.3) is 17.1 Å². The van der Waals surface area contributed by atoms with Gasteiger partial charge in [0, 0.05) is 23.3 Å². The first kappa shape index (κ1) is 18.9. The minimum atomic E-state index is -0.395. The van der Waals surface area contributed by atoms with Crippen LogP contribution in [-0.2, 0) is 13.6 Å². The van der Waals surface area contributed by atoms with Gasteiger partial charge in [0.05, 0.1) is 7.05 Å². The highest BCUT2D eigenvalue weighted by Crippen LogP contribution is 2.17. The van der Waals surface area contributed by atoms with Crippen LogP contribution in [0.2, 0.25) is 5.02 Å². The second-order valence-electron chi connectivity index (χ2n) is 6.82. The van der Waals surface area contributed by atoms with Crippen LogP contribution in [0, 0.1) is 6.92 Å². The van der Waals surface area contributed by atoms with Crippen molar-refractivity contribution in [2.75, 3.05) is 5.73 Å². The van der Waals surface area contributed by atoms with E-state index >= 15 is 0 Å². The molecule has 0 aliphatic rings. The number of aromatic nitrogens is 3. The van der Waals surface area contributed by atoms with Crippen molar-refractivity contribution >= 4 is 40.0 Å². The predicted molar refractivity (Wildman–Crippen MR) is 112 cm³/mol. The van der Waals surface area contributed by atoms with Gasteiger partial charge in [-0.1, -0.05) is 40.9 Å². The maximum absolute atomic E-state index is 13.0. The molecule has 0 atom stereocenters. The number of nitrogens with zero attached hydrogens (tertiary/aromatic N) is 3. The van der Waals surface area contributed by atoms with E-state index < -0.39 is 5.91 Å². The number of fused-ring (bicyclic) bond motifs is 2. The lowest BCUT2D eigenvalue weighted by atomic mass is 10.1. The first-order valence-corrected chi connectivity index (χ1v) is 9.38. The summed E-state index contributed by atoms with van der Waals surface area (Å²) in [6.07, 6.45) is 1.66. The van der Waals surface area contributed by atoms with Crippen LogP contribution in [0.5, 0.6) is 0 Å². The Morgan fingerprint density at radius 1 is 1.28 bits per heavy atom. The van der Waals surface area contributed by atoms with Crippen LogP contribution in [0.3, 0.4) is 0 Å². The Bertz CT molecular complexity index is 1350. The molecule has 4 rings (SSSR count). The molecule has 1 aromatic carbocycles. The number of halogens is 1. The van der Waals surface area contributed by atoms with Gasteiger partial charge in [0.15, 0.2) is 0 Å². The summed E-state index contributed by atoms with van der Waals surface area (Å²) in [5.41, 5.74) is 8.78. The molecular formula is C21H19ClN5O2+. The third-order valence-electron chi connectivity index (χ3n) is 4.95. The average molecular weight is 409 g/mol. The summed E-state index contributed by atoms with van der Waals surface area (Å²) in [7, 11) is 1.68. The molecule has 0 saturated carbocycles. The molecule has 0 fully saturated rings. The summed E-state index contributed by atoms with van der Waals surface area (Å²) < 4.78 is 3.03. The van der Waals surface area contributed by atoms with Crippen LogP contribution in [0.15, 0.2) is 53.5 Å². The lowest BCUT2D eigenvalue weighted by molar-refractivity contribution is -0.632. The number of benzene rings is 1. The molecule has 3 heterocycles. The van der Waals surface area contributed by atoms with Crippen molar-refractivity contribution in [3.63, 3.8) is 0 Å². The minimum Gasteiger partial charge on any atom is -0.348 e. The molecule has 3 aromatic heterocycles. The number of aryl methyl sites for hydroxylation is 2. The van der Waals surface area contributed by atoms with Gasteiger partial charge >= 0.3 is 0 Å². The van der Waals surface area contributed by atoms with Gasteiger partial charge < -0.3 is 11.1 Å². The third kappa shape index (κ3) is 3.19. The zero-order valence-electron chi connectivity index (χ0n) is 15.9. The molecule has 0 radical (unpaired) electrons. The number of nitrogens with two attached hydrogens (primary N) is 1. The number of anilines is 1. The van der Waals surface area contributed by atoms with Gasteiger partial charge in [-0.2, -0.15) is 0 Å². The normalized spacial score (nSPS) is 11.1. The maximum atomic E-state index is 13.0. The third-order valence-corrected chi connectivity index (χ3v) is 5.32. The van der Waals surface area contributed by atoms with Gasteiger partial charge in [0.2, 0.25) is 11.5 Å². The fourth-order valence-corrected chi connectivity index (χ4v) is 3.49. The van der Waals surface area contributed by atoms with E-state index in [1.165, 1.54) is 10.5 Å². The van der Waals surface area contributed by atoms with Crippen molar-refractivity contribution in [3.05, 3.63) is 80.7 Å². The molecule has 0 saturated heterocycles. The summed E-state index contributed by atoms with van der Waals surface area (Å²) >= 11 is 6.14. The molecule has 7 nitrogen and oxygen atoms in total. The van der Waals surface area contributed by atoms with Crippen LogP contribution in [0.1, 0.15) is 21.5 Å². The number of hydrogen-bond donors (Lipinski definition) is 2. The molecule has 0 bridgehead atoms. The van der Waals surface area contributed by atoms with Gasteiger partial charge in [0.1, 0.15) is 10.9 Å². The van der Waals surface area contributed by atoms with Crippen molar-refractivity contribution < 1.29 is 9.36 Å². The van der Waals surface area contributed by atoms with Crippen molar-refractivity contribution in [2.24, 2.45) is 7.05 Å². The van der Waals surface area contributed by atoms with E-state index in [2.05, 4.69) is 10.3 Å². The average Bonchev–Trinajstić information content (AvgIpc) is 2.71. The zero-order valence-corrected chi connectivity index (χ0v) is 16.7. The van der Waals surface area contributed by atoms with E-state index in [9.17, 15) is 9.59 Å². The van der Waals surface area contributed by atoms with Gasteiger partial charge in [-0.05, 0) is 30.7 Å². The molecule has 0 aliphatic carbocycles. The molecule has 146 valence electrons. The van der Waals surface area contributed by atoms with E-state index in [0.717, 1.165) is 11.1 Å². The smallest absolute Gasteiger partial charge is 0.278 e. The molecular weight excluding hydrogens is 390 g/mol. The Morgan fingerprint density at radius 3 is 2.79 bits per heavy atom. The molecule has 0 unspecified atom stereocenters. The first-order valence-electron chi connectivity index (χ1n) is 9.00. The van der Waals surface area contributed by atoms with E-state index in [-0.39, 0.29) is 23.5 Å². The Hall–Kier alpha value is -3.45. The second kappa shape index (κ2) is 7.18. The highest BCUT2D eigenvalue weighted by Gasteiger charge is 2.23. The topological polar surface area (TPSA) is 93.4 Å². The fraction of sp³-hybridized carbons (Fsp3) is 0.143. The molecule has 1 amide bonds. The largest absolute Gasteiger partial charge is 0.348 e. The maximum Gasteiger partial charge on any atom is 0.278 e. The first-order chi connectivity index (χ1) is 13.9. The molecule has 29 heavy (non-hydrogen) atoms. The fourth-order valence-electron chi connectivity index (χ4n) is 3.29. The number of hydrogen-bond acceptors (Lipinski definition) is 4. The quantitative estimate of drug-likeness (QED) is 0.401. The monoisotopic (exact) mass is 408 g/mol. The van der Waals surface area contributed by atoms with Crippen LogP contribution >= 0.6 is 11.6 Å². The Labute approximate surface area is 171 Å². The van der Waals surface area contributed by atoms with Crippen LogP contribution in [-0.4, -0.2) is 15.3 Å². The van der Waals surface area contributed by atoms with Gasteiger partial charge in [-0.15, -0.1) is 0 Å². The van der Waals surface area contributed by atoms with Crippen LogP contribution in [0.25, 0.3) is 16.7 Å². The number of nitrogens with one attached hydrogen (secondary N) is 1. The summed E-state index contributed by atoms with van der Waals surface area (Å²) in [6, 6.07) is 12.4. The Morgan fingerprint density at radius 2 is 2.03 bits per heavy atom. The SMILES string of the molecule is Cc1cccn2c(=O)c3cc(C(=O)NCc4ccccc4Cl)c(N)[n+](C)c3nc12. The summed E-state index contributed by atoms with van der Waals surface area (Å²) in [4.78, 5) is 30.4. The number of amides is 1. The van der Waals surface area contributed by atoms with Crippen molar-refractivity contribution in [1.82, 2.24) is 14.7 Å². The number of nitrogen functional groups attached to an aromatic ring is 1. The van der Waals surface area contributed by atoms with E-state index in [4.69, 9.17) is 17.3 Å². The van der Waals surface area contributed by atoms with Crippen LogP contribution in [0.4, 0.5) is 5.82 Å². The van der Waals surface area contributed by atoms with E-state index in [1.807, 2.05) is 31.2 Å². The van der Waals surface area contributed by atoms with E-state index in [1.54, 1.807) is 29.9 Å². The van der Waals surface area contributed by atoms with Gasteiger partial charge in [-0.25, -0.2) is 4.57 Å².